The maximum absolute atomic E-state index is 5.51. The monoisotopic (exact) mass is 234 g/mol. The van der Waals surface area contributed by atoms with Crippen LogP contribution in [0.5, 0.6) is 0 Å². The molecule has 0 saturated carbocycles. The Morgan fingerprint density at radius 2 is 2.18 bits per heavy atom. The molecule has 0 aliphatic rings. The molecule has 0 saturated heterocycles. The number of hydrogen-bond acceptors (Lipinski definition) is 7. The maximum Gasteiger partial charge on any atom is 0.228 e. The van der Waals surface area contributed by atoms with E-state index in [4.69, 9.17) is 10.3 Å². The Balaban J connectivity index is 1.91. The summed E-state index contributed by atoms with van der Waals surface area (Å²) in [6.07, 6.45) is 2.33. The fraction of sp³-hybridized carbons (Fsp3) is 0.400. The molecule has 17 heavy (non-hydrogen) atoms. The molecule has 0 fully saturated rings. The highest BCUT2D eigenvalue weighted by Gasteiger charge is 2.04. The highest BCUT2D eigenvalue weighted by molar-refractivity contribution is 5.44. The molecule has 0 aliphatic heterocycles. The zero-order valence-corrected chi connectivity index (χ0v) is 9.77. The van der Waals surface area contributed by atoms with Gasteiger partial charge < -0.3 is 15.6 Å². The summed E-state index contributed by atoms with van der Waals surface area (Å²) in [5.74, 6) is 2.23. The van der Waals surface area contributed by atoms with E-state index in [2.05, 4.69) is 25.4 Å². The lowest BCUT2D eigenvalue weighted by molar-refractivity contribution is 0.377. The summed E-state index contributed by atoms with van der Waals surface area (Å²) in [4.78, 5) is 12.1. The van der Waals surface area contributed by atoms with Gasteiger partial charge in [-0.3, -0.25) is 0 Å². The van der Waals surface area contributed by atoms with Crippen molar-refractivity contribution in [2.45, 2.75) is 20.3 Å². The van der Waals surface area contributed by atoms with Crippen LogP contribution in [-0.4, -0.2) is 26.7 Å². The van der Waals surface area contributed by atoms with E-state index in [0.717, 1.165) is 11.4 Å². The molecule has 2 aromatic rings. The number of nitrogen functional groups attached to an aromatic ring is 1. The van der Waals surface area contributed by atoms with Gasteiger partial charge in [-0.15, -0.1) is 0 Å². The molecule has 2 rings (SSSR count). The number of nitrogens with two attached hydrogens (primary N) is 1. The van der Waals surface area contributed by atoms with Gasteiger partial charge in [0.2, 0.25) is 11.8 Å². The average molecular weight is 234 g/mol. The Labute approximate surface area is 98.5 Å². The van der Waals surface area contributed by atoms with Crippen LogP contribution in [0.2, 0.25) is 0 Å². The third-order valence-corrected chi connectivity index (χ3v) is 2.19. The first kappa shape index (κ1) is 11.3. The van der Waals surface area contributed by atoms with Crippen molar-refractivity contribution in [3.63, 3.8) is 0 Å². The zero-order chi connectivity index (χ0) is 12.3. The Morgan fingerprint density at radius 1 is 1.35 bits per heavy atom. The molecule has 0 radical (unpaired) electrons. The number of anilines is 2. The molecule has 0 amide bonds. The van der Waals surface area contributed by atoms with E-state index in [1.54, 1.807) is 13.1 Å². The Hall–Kier alpha value is -2.18. The van der Waals surface area contributed by atoms with Gasteiger partial charge in [-0.1, -0.05) is 5.16 Å². The predicted octanol–water partition coefficient (Wildman–Crippen LogP) is 0.713. The molecular formula is C10H14N6O. The predicted molar refractivity (Wildman–Crippen MR) is 62.4 cm³/mol. The van der Waals surface area contributed by atoms with Crippen molar-refractivity contribution in [1.29, 1.82) is 0 Å². The van der Waals surface area contributed by atoms with Crippen LogP contribution in [0.3, 0.4) is 0 Å². The molecule has 0 unspecified atom stereocenters. The van der Waals surface area contributed by atoms with Gasteiger partial charge in [-0.05, 0) is 13.8 Å². The van der Waals surface area contributed by atoms with Gasteiger partial charge in [-0.25, -0.2) is 4.98 Å². The van der Waals surface area contributed by atoms with E-state index >= 15 is 0 Å². The van der Waals surface area contributed by atoms with E-state index in [1.807, 2.05) is 6.92 Å². The lowest BCUT2D eigenvalue weighted by Crippen LogP contribution is -2.09. The summed E-state index contributed by atoms with van der Waals surface area (Å²) in [6, 6.07) is 0. The van der Waals surface area contributed by atoms with E-state index in [-0.39, 0.29) is 5.95 Å². The quantitative estimate of drug-likeness (QED) is 0.803. The zero-order valence-electron chi connectivity index (χ0n) is 9.77. The van der Waals surface area contributed by atoms with Crippen LogP contribution < -0.4 is 11.1 Å². The molecule has 0 atom stereocenters. The van der Waals surface area contributed by atoms with E-state index in [9.17, 15) is 0 Å². The van der Waals surface area contributed by atoms with Gasteiger partial charge >= 0.3 is 0 Å². The number of hydrogen-bond donors (Lipinski definition) is 2. The second kappa shape index (κ2) is 4.77. The van der Waals surface area contributed by atoms with Crippen molar-refractivity contribution in [2.75, 3.05) is 17.6 Å². The van der Waals surface area contributed by atoms with Crippen LogP contribution in [0.4, 0.5) is 11.8 Å². The summed E-state index contributed by atoms with van der Waals surface area (Å²) in [5.41, 5.74) is 6.46. The first-order valence-electron chi connectivity index (χ1n) is 5.27. The van der Waals surface area contributed by atoms with Crippen molar-refractivity contribution in [3.8, 4) is 0 Å². The lowest BCUT2D eigenvalue weighted by atomic mass is 10.3. The molecule has 0 bridgehead atoms. The third-order valence-electron chi connectivity index (χ3n) is 2.19. The fourth-order valence-electron chi connectivity index (χ4n) is 1.36. The molecule has 0 aliphatic carbocycles. The number of nitrogens with zero attached hydrogens (tertiary/aromatic N) is 4. The van der Waals surface area contributed by atoms with Crippen LogP contribution in [0.1, 0.15) is 17.3 Å². The van der Waals surface area contributed by atoms with Crippen LogP contribution >= 0.6 is 0 Å². The van der Waals surface area contributed by atoms with Gasteiger partial charge in [-0.2, -0.15) is 9.97 Å². The van der Waals surface area contributed by atoms with Crippen molar-refractivity contribution in [1.82, 2.24) is 20.1 Å². The molecule has 0 aromatic carbocycles. The third kappa shape index (κ3) is 2.90. The minimum atomic E-state index is 0.256. The van der Waals surface area contributed by atoms with Crippen LogP contribution in [0, 0.1) is 13.8 Å². The summed E-state index contributed by atoms with van der Waals surface area (Å²) in [6.45, 7) is 4.35. The lowest BCUT2D eigenvalue weighted by Gasteiger charge is -2.06. The van der Waals surface area contributed by atoms with E-state index in [1.165, 1.54) is 0 Å². The first-order chi connectivity index (χ1) is 8.15. The summed E-state index contributed by atoms with van der Waals surface area (Å²) >= 11 is 0. The topological polar surface area (TPSA) is 103 Å². The molecule has 3 N–H and O–H groups in total. The van der Waals surface area contributed by atoms with Gasteiger partial charge in [0.05, 0.1) is 0 Å². The van der Waals surface area contributed by atoms with Crippen LogP contribution in [0.25, 0.3) is 0 Å². The maximum atomic E-state index is 5.51. The van der Waals surface area contributed by atoms with Crippen molar-refractivity contribution < 1.29 is 4.52 Å². The van der Waals surface area contributed by atoms with E-state index in [0.29, 0.717) is 24.7 Å². The summed E-state index contributed by atoms with van der Waals surface area (Å²) in [7, 11) is 0. The van der Waals surface area contributed by atoms with E-state index < -0.39 is 0 Å². The molecule has 2 heterocycles. The molecule has 7 nitrogen and oxygen atoms in total. The molecular weight excluding hydrogens is 220 g/mol. The number of nitrogens with one attached hydrogen (secondary N) is 1. The smallest absolute Gasteiger partial charge is 0.228 e. The van der Waals surface area contributed by atoms with Crippen LogP contribution in [0.15, 0.2) is 10.7 Å². The molecule has 90 valence electrons. The Morgan fingerprint density at radius 3 is 2.88 bits per heavy atom. The van der Waals surface area contributed by atoms with Gasteiger partial charge in [0.25, 0.3) is 0 Å². The Kier molecular flexibility index (Phi) is 3.17. The fourth-order valence-corrected chi connectivity index (χ4v) is 1.36. The average Bonchev–Trinajstić information content (AvgIpc) is 2.69. The number of aryl methyl sites for hydroxylation is 2. The SMILES string of the molecule is Cc1noc(CCNc2nc(N)ncc2C)n1. The number of rotatable bonds is 4. The Bertz CT molecular complexity index is 509. The first-order valence-corrected chi connectivity index (χ1v) is 5.27. The summed E-state index contributed by atoms with van der Waals surface area (Å²) < 4.78 is 5.00. The largest absolute Gasteiger partial charge is 0.369 e. The number of aromatic nitrogens is 4. The van der Waals surface area contributed by atoms with Gasteiger partial charge in [0.1, 0.15) is 5.82 Å². The van der Waals surface area contributed by atoms with Crippen molar-refractivity contribution >= 4 is 11.8 Å². The molecule has 7 heteroatoms. The molecule has 0 spiro atoms. The van der Waals surface area contributed by atoms with Crippen molar-refractivity contribution in [2.24, 2.45) is 0 Å². The standard InChI is InChI=1S/C10H14N6O/c1-6-5-13-10(11)15-9(6)12-4-3-8-14-7(2)16-17-8/h5H,3-4H2,1-2H3,(H3,11,12,13,15). The second-order valence-corrected chi connectivity index (χ2v) is 3.67. The molecule has 2 aromatic heterocycles. The minimum absolute atomic E-state index is 0.256. The highest BCUT2D eigenvalue weighted by Crippen LogP contribution is 2.10. The van der Waals surface area contributed by atoms with Crippen molar-refractivity contribution in [3.05, 3.63) is 23.5 Å². The van der Waals surface area contributed by atoms with Gasteiger partial charge in [0.15, 0.2) is 5.82 Å². The van der Waals surface area contributed by atoms with Gasteiger partial charge in [0, 0.05) is 24.7 Å². The normalized spacial score (nSPS) is 10.5. The summed E-state index contributed by atoms with van der Waals surface area (Å²) in [5, 5.41) is 6.87. The highest BCUT2D eigenvalue weighted by atomic mass is 16.5. The second-order valence-electron chi connectivity index (χ2n) is 3.67. The van der Waals surface area contributed by atoms with Crippen LogP contribution in [-0.2, 0) is 6.42 Å². The minimum Gasteiger partial charge on any atom is -0.369 e.